The monoisotopic (exact) mass is 343 g/mol. The van der Waals surface area contributed by atoms with E-state index in [-0.39, 0.29) is 24.3 Å². The van der Waals surface area contributed by atoms with Crippen LogP contribution in [0.25, 0.3) is 0 Å². The first-order valence-electron chi connectivity index (χ1n) is 7.03. The van der Waals surface area contributed by atoms with Gasteiger partial charge in [0.1, 0.15) is 23.8 Å². The second kappa shape index (κ2) is 7.01. The van der Waals surface area contributed by atoms with Gasteiger partial charge >= 0.3 is 5.82 Å². The van der Waals surface area contributed by atoms with Crippen LogP contribution in [0.5, 0.6) is 0 Å². The van der Waals surface area contributed by atoms with Gasteiger partial charge in [0, 0.05) is 11.6 Å². The Morgan fingerprint density at radius 3 is 2.75 bits per heavy atom. The van der Waals surface area contributed by atoms with Crippen molar-refractivity contribution in [2.24, 2.45) is 0 Å². The molecule has 24 heavy (non-hydrogen) atoms. The largest absolute Gasteiger partial charge is 0.381 e. The maximum atomic E-state index is 12.3. The van der Waals surface area contributed by atoms with Gasteiger partial charge in [0.05, 0.1) is 0 Å². The lowest BCUT2D eigenvalue weighted by atomic mass is 10.1. The maximum absolute atomic E-state index is 12.3. The van der Waals surface area contributed by atoms with Crippen molar-refractivity contribution >= 4 is 23.1 Å². The van der Waals surface area contributed by atoms with E-state index in [1.165, 1.54) is 28.4 Å². The van der Waals surface area contributed by atoms with Gasteiger partial charge in [-0.2, -0.15) is 0 Å². The van der Waals surface area contributed by atoms with Crippen LogP contribution in [-0.4, -0.2) is 25.4 Å². The van der Waals surface area contributed by atoms with Gasteiger partial charge in [-0.25, -0.2) is 4.98 Å². The summed E-state index contributed by atoms with van der Waals surface area (Å²) >= 11 is 1.45. The third kappa shape index (κ3) is 3.63. The number of benzene rings is 1. The fraction of sp³-hybridized carbons (Fsp3) is 0.133. The van der Waals surface area contributed by atoms with Gasteiger partial charge in [-0.05, 0) is 15.5 Å². The number of aromatic nitrogens is 3. The van der Waals surface area contributed by atoms with Crippen LogP contribution in [0.1, 0.15) is 16.6 Å². The van der Waals surface area contributed by atoms with Crippen LogP contribution in [0, 0.1) is 10.1 Å². The maximum Gasteiger partial charge on any atom is 0.381 e. The van der Waals surface area contributed by atoms with E-state index in [0.29, 0.717) is 0 Å². The van der Waals surface area contributed by atoms with Gasteiger partial charge in [-0.1, -0.05) is 30.3 Å². The molecule has 0 saturated heterocycles. The minimum Gasteiger partial charge on any atom is -0.358 e. The van der Waals surface area contributed by atoms with Crippen molar-refractivity contribution in [3.63, 3.8) is 0 Å². The number of hydrogen-bond donors (Lipinski definition) is 1. The van der Waals surface area contributed by atoms with Crippen molar-refractivity contribution < 1.29 is 9.72 Å². The van der Waals surface area contributed by atoms with E-state index >= 15 is 0 Å². The van der Waals surface area contributed by atoms with Crippen molar-refractivity contribution in [3.8, 4) is 0 Å². The average Bonchev–Trinajstić information content (AvgIpc) is 3.25. The van der Waals surface area contributed by atoms with Gasteiger partial charge in [0.2, 0.25) is 12.2 Å². The lowest BCUT2D eigenvalue weighted by Crippen LogP contribution is -2.31. The van der Waals surface area contributed by atoms with Crippen LogP contribution >= 0.6 is 11.3 Å². The number of carbonyl (C=O) groups excluding carboxylic acids is 1. The van der Waals surface area contributed by atoms with Crippen molar-refractivity contribution in [1.82, 2.24) is 19.9 Å². The quantitative estimate of drug-likeness (QED) is 0.546. The van der Waals surface area contributed by atoms with Crippen molar-refractivity contribution in [2.45, 2.75) is 12.6 Å². The zero-order valence-corrected chi connectivity index (χ0v) is 13.2. The molecule has 1 atom stereocenters. The van der Waals surface area contributed by atoms with Gasteiger partial charge in [-0.3, -0.25) is 4.79 Å². The molecule has 2 aromatic heterocycles. The Balaban J connectivity index is 1.75. The molecule has 1 N–H and O–H groups in total. The van der Waals surface area contributed by atoms with E-state index in [4.69, 9.17) is 0 Å². The molecular formula is C15H13N5O3S. The van der Waals surface area contributed by atoms with Crippen LogP contribution < -0.4 is 5.32 Å². The van der Waals surface area contributed by atoms with E-state index in [1.54, 1.807) is 6.20 Å². The molecule has 0 aliphatic rings. The molecule has 1 aromatic carbocycles. The molecule has 3 aromatic rings. The molecule has 0 aliphatic heterocycles. The number of nitrogens with one attached hydrogen (secondary N) is 1. The lowest BCUT2D eigenvalue weighted by molar-refractivity contribution is -0.389. The number of carbonyl (C=O) groups is 1. The molecule has 0 fully saturated rings. The fourth-order valence-electron chi connectivity index (χ4n) is 2.21. The summed E-state index contributed by atoms with van der Waals surface area (Å²) in [6.45, 7) is -0.0600. The summed E-state index contributed by atoms with van der Waals surface area (Å²) in [7, 11) is 0. The summed E-state index contributed by atoms with van der Waals surface area (Å²) in [6.07, 6.45) is 4.17. The van der Waals surface area contributed by atoms with Crippen LogP contribution in [-0.2, 0) is 11.3 Å². The molecule has 1 amide bonds. The van der Waals surface area contributed by atoms with Crippen LogP contribution in [0.15, 0.2) is 54.4 Å². The number of hydrogen-bond acceptors (Lipinski definition) is 6. The number of nitrogens with zero attached hydrogens (tertiary/aromatic N) is 4. The van der Waals surface area contributed by atoms with E-state index in [2.05, 4.69) is 15.3 Å². The van der Waals surface area contributed by atoms with E-state index in [9.17, 15) is 14.9 Å². The van der Waals surface area contributed by atoms with E-state index in [0.717, 1.165) is 10.6 Å². The zero-order chi connectivity index (χ0) is 16.9. The smallest absolute Gasteiger partial charge is 0.358 e. The van der Waals surface area contributed by atoms with Gasteiger partial charge < -0.3 is 20.0 Å². The van der Waals surface area contributed by atoms with Gasteiger partial charge in [-0.15, -0.1) is 11.3 Å². The summed E-state index contributed by atoms with van der Waals surface area (Å²) in [5, 5.41) is 16.2. The second-order valence-electron chi connectivity index (χ2n) is 4.94. The van der Waals surface area contributed by atoms with Crippen molar-refractivity contribution in [2.75, 3.05) is 0 Å². The molecule has 0 saturated carbocycles. The minimum atomic E-state index is -0.600. The molecule has 0 aliphatic carbocycles. The predicted molar refractivity (Wildman–Crippen MR) is 87.4 cm³/mol. The molecular weight excluding hydrogens is 330 g/mol. The Kier molecular flexibility index (Phi) is 4.62. The Morgan fingerprint density at radius 1 is 1.33 bits per heavy atom. The first-order valence-corrected chi connectivity index (χ1v) is 7.91. The summed E-state index contributed by atoms with van der Waals surface area (Å²) < 4.78 is 1.37. The summed E-state index contributed by atoms with van der Waals surface area (Å²) in [4.78, 5) is 30.3. The van der Waals surface area contributed by atoms with E-state index < -0.39 is 4.92 Å². The Morgan fingerprint density at radius 2 is 2.12 bits per heavy atom. The molecule has 1 unspecified atom stereocenters. The number of amides is 1. The van der Waals surface area contributed by atoms with Crippen molar-refractivity contribution in [3.05, 3.63) is 75.1 Å². The molecule has 0 bridgehead atoms. The first kappa shape index (κ1) is 15.8. The van der Waals surface area contributed by atoms with Crippen LogP contribution in [0.4, 0.5) is 5.82 Å². The Hall–Kier alpha value is -3.07. The molecule has 0 radical (unpaired) electrons. The topological polar surface area (TPSA) is 103 Å². The third-order valence-electron chi connectivity index (χ3n) is 3.27. The number of thiazole rings is 1. The van der Waals surface area contributed by atoms with Crippen molar-refractivity contribution in [1.29, 1.82) is 0 Å². The van der Waals surface area contributed by atoms with Gasteiger partial charge in [0.25, 0.3) is 0 Å². The van der Waals surface area contributed by atoms with Gasteiger partial charge in [0.15, 0.2) is 0 Å². The van der Waals surface area contributed by atoms with Crippen LogP contribution in [0.2, 0.25) is 0 Å². The molecule has 2 heterocycles. The Labute approximate surface area is 141 Å². The molecule has 122 valence electrons. The Bertz CT molecular complexity index is 832. The zero-order valence-electron chi connectivity index (χ0n) is 12.4. The first-order chi connectivity index (χ1) is 11.6. The molecule has 3 rings (SSSR count). The highest BCUT2D eigenvalue weighted by atomic mass is 32.1. The third-order valence-corrected chi connectivity index (χ3v) is 4.11. The van der Waals surface area contributed by atoms with Crippen LogP contribution in [0.3, 0.4) is 0 Å². The highest BCUT2D eigenvalue weighted by Crippen LogP contribution is 2.23. The fourth-order valence-corrected chi connectivity index (χ4v) is 2.93. The molecule has 0 spiro atoms. The standard InChI is InChI=1S/C15H13N5O3S/c21-13(9-19-8-12(17-10-19)20(22)23)18-14(15-16-6-7-24-15)11-4-2-1-3-5-11/h1-8,10,14H,9H2,(H,18,21). The SMILES string of the molecule is O=C(Cn1cnc([N+](=O)[O-])c1)NC(c1ccccc1)c1nccs1. The predicted octanol–water partition coefficient (Wildman–Crippen LogP) is 2.15. The number of imidazole rings is 1. The second-order valence-corrected chi connectivity index (χ2v) is 5.87. The summed E-state index contributed by atoms with van der Waals surface area (Å²) in [5.41, 5.74) is 0.914. The highest BCUT2D eigenvalue weighted by Gasteiger charge is 2.20. The lowest BCUT2D eigenvalue weighted by Gasteiger charge is -2.17. The average molecular weight is 343 g/mol. The molecule has 9 heteroatoms. The summed E-state index contributed by atoms with van der Waals surface area (Å²) in [5.74, 6) is -0.575. The minimum absolute atomic E-state index is 0.0600. The highest BCUT2D eigenvalue weighted by molar-refractivity contribution is 7.09. The normalized spacial score (nSPS) is 11.8. The number of rotatable bonds is 6. The van der Waals surface area contributed by atoms with E-state index in [1.807, 2.05) is 35.7 Å². The number of nitro groups is 1. The summed E-state index contributed by atoms with van der Waals surface area (Å²) in [6, 6.07) is 9.14. The molecule has 8 nitrogen and oxygen atoms in total.